The van der Waals surface area contributed by atoms with Gasteiger partial charge in [-0.05, 0) is 65.5 Å². The van der Waals surface area contributed by atoms with Crippen LogP contribution in [0, 0.1) is 0 Å². The average molecular weight is 529 g/mol. The van der Waals surface area contributed by atoms with Crippen LogP contribution in [0.25, 0.3) is 10.8 Å². The molecule has 6 nitrogen and oxygen atoms in total. The number of fused-ring (bicyclic) bond motifs is 1. The average Bonchev–Trinajstić information content (AvgIpc) is 2.93. The number of amides is 2. The molecule has 0 aliphatic carbocycles. The van der Waals surface area contributed by atoms with Crippen LogP contribution in [-0.2, 0) is 0 Å². The van der Waals surface area contributed by atoms with Gasteiger partial charge in [-0.3, -0.25) is 14.9 Å². The highest BCUT2D eigenvalue weighted by Crippen LogP contribution is 2.30. The Hall–Kier alpha value is -3.94. The zero-order valence-electron chi connectivity index (χ0n) is 20.0. The SMILES string of the molecule is O=C(NC(=S)Nc1ccc(N2CCN(C(=O)c3ccccc3)CC2)c(Cl)c1)c1ccc2ccccc2c1. The van der Waals surface area contributed by atoms with E-state index in [9.17, 15) is 9.59 Å². The summed E-state index contributed by atoms with van der Waals surface area (Å²) < 4.78 is 0. The highest BCUT2D eigenvalue weighted by Gasteiger charge is 2.23. The number of hydrogen-bond acceptors (Lipinski definition) is 4. The number of piperazine rings is 1. The largest absolute Gasteiger partial charge is 0.367 e. The quantitative estimate of drug-likeness (QED) is 0.338. The predicted octanol–water partition coefficient (Wildman–Crippen LogP) is 5.58. The number of nitrogens with zero attached hydrogens (tertiary/aromatic N) is 2. The Morgan fingerprint density at radius 3 is 2.19 bits per heavy atom. The zero-order valence-corrected chi connectivity index (χ0v) is 21.6. The minimum absolute atomic E-state index is 0.0464. The van der Waals surface area contributed by atoms with Crippen LogP contribution in [0.5, 0.6) is 0 Å². The fourth-order valence-corrected chi connectivity index (χ4v) is 4.93. The zero-order chi connectivity index (χ0) is 25.8. The van der Waals surface area contributed by atoms with E-state index in [4.69, 9.17) is 23.8 Å². The number of halogens is 1. The van der Waals surface area contributed by atoms with E-state index in [1.165, 1.54) is 0 Å². The molecule has 1 fully saturated rings. The lowest BCUT2D eigenvalue weighted by Crippen LogP contribution is -2.48. The molecule has 1 aliphatic rings. The summed E-state index contributed by atoms with van der Waals surface area (Å²) in [7, 11) is 0. The number of thiocarbonyl (C=S) groups is 1. The molecule has 1 heterocycles. The van der Waals surface area contributed by atoms with E-state index >= 15 is 0 Å². The smallest absolute Gasteiger partial charge is 0.257 e. The molecule has 0 atom stereocenters. The third kappa shape index (κ3) is 5.74. The lowest BCUT2D eigenvalue weighted by Gasteiger charge is -2.36. The highest BCUT2D eigenvalue weighted by atomic mass is 35.5. The number of anilines is 2. The molecule has 1 aliphatic heterocycles. The highest BCUT2D eigenvalue weighted by molar-refractivity contribution is 7.80. The van der Waals surface area contributed by atoms with Crippen molar-refractivity contribution in [2.75, 3.05) is 36.4 Å². The van der Waals surface area contributed by atoms with Crippen LogP contribution in [0.3, 0.4) is 0 Å². The van der Waals surface area contributed by atoms with Crippen molar-refractivity contribution in [3.8, 4) is 0 Å². The molecule has 2 N–H and O–H groups in total. The summed E-state index contributed by atoms with van der Waals surface area (Å²) in [5.74, 6) is -0.237. The molecule has 0 radical (unpaired) electrons. The summed E-state index contributed by atoms with van der Waals surface area (Å²) in [6.07, 6.45) is 0. The van der Waals surface area contributed by atoms with E-state index in [1.54, 1.807) is 12.1 Å². The Kier molecular flexibility index (Phi) is 7.35. The van der Waals surface area contributed by atoms with Gasteiger partial charge in [-0.1, -0.05) is 60.1 Å². The topological polar surface area (TPSA) is 64.7 Å². The molecule has 4 aromatic carbocycles. The van der Waals surface area contributed by atoms with Crippen molar-refractivity contribution in [1.82, 2.24) is 10.2 Å². The van der Waals surface area contributed by atoms with Gasteiger partial charge in [0.25, 0.3) is 11.8 Å². The third-order valence-corrected chi connectivity index (χ3v) is 6.88. The summed E-state index contributed by atoms with van der Waals surface area (Å²) in [5, 5.41) is 8.57. The summed E-state index contributed by atoms with van der Waals surface area (Å²) in [6.45, 7) is 2.61. The number of carbonyl (C=O) groups excluding carboxylic acids is 2. The Balaban J connectivity index is 1.17. The van der Waals surface area contributed by atoms with Gasteiger partial charge in [0.2, 0.25) is 0 Å². The number of hydrogen-bond donors (Lipinski definition) is 2. The predicted molar refractivity (Wildman–Crippen MR) is 154 cm³/mol. The second-order valence-corrected chi connectivity index (χ2v) is 9.60. The van der Waals surface area contributed by atoms with E-state index in [1.807, 2.05) is 83.8 Å². The molecular weight excluding hydrogens is 504 g/mol. The van der Waals surface area contributed by atoms with Gasteiger partial charge in [0.1, 0.15) is 0 Å². The van der Waals surface area contributed by atoms with Crippen molar-refractivity contribution in [1.29, 1.82) is 0 Å². The van der Waals surface area contributed by atoms with Gasteiger partial charge in [-0.15, -0.1) is 0 Å². The normalized spacial score (nSPS) is 13.3. The standard InChI is InChI=1S/C29H25ClN4O2S/c30-25-19-24(31-29(37)32-27(35)23-11-10-20-6-4-5-9-22(20)18-23)12-13-26(25)33-14-16-34(17-15-33)28(36)21-7-2-1-3-8-21/h1-13,18-19H,14-17H2,(H2,31,32,35,37). The molecule has 0 saturated carbocycles. The minimum Gasteiger partial charge on any atom is -0.367 e. The Morgan fingerprint density at radius 2 is 1.46 bits per heavy atom. The van der Waals surface area contributed by atoms with Gasteiger partial charge in [0.05, 0.1) is 10.7 Å². The van der Waals surface area contributed by atoms with Crippen molar-refractivity contribution in [3.05, 3.63) is 107 Å². The maximum absolute atomic E-state index is 12.7. The minimum atomic E-state index is -0.283. The van der Waals surface area contributed by atoms with E-state index in [-0.39, 0.29) is 16.9 Å². The maximum atomic E-state index is 12.7. The molecule has 2 amide bonds. The molecule has 5 rings (SSSR count). The van der Waals surface area contributed by atoms with Crippen molar-refractivity contribution in [2.24, 2.45) is 0 Å². The van der Waals surface area contributed by atoms with Crippen LogP contribution < -0.4 is 15.5 Å². The van der Waals surface area contributed by atoms with Crippen molar-refractivity contribution >= 4 is 62.9 Å². The molecule has 0 spiro atoms. The van der Waals surface area contributed by atoms with E-state index in [0.29, 0.717) is 48.0 Å². The molecule has 1 saturated heterocycles. The Bertz CT molecular complexity index is 1470. The fraction of sp³-hybridized carbons (Fsp3) is 0.138. The maximum Gasteiger partial charge on any atom is 0.257 e. The van der Waals surface area contributed by atoms with Gasteiger partial charge in [0, 0.05) is 43.0 Å². The van der Waals surface area contributed by atoms with Crippen LogP contribution in [0.15, 0.2) is 91.0 Å². The lowest BCUT2D eigenvalue weighted by atomic mass is 10.1. The third-order valence-electron chi connectivity index (χ3n) is 6.37. The van der Waals surface area contributed by atoms with Crippen LogP contribution in [0.2, 0.25) is 5.02 Å². The van der Waals surface area contributed by atoms with Crippen LogP contribution in [-0.4, -0.2) is 48.0 Å². The summed E-state index contributed by atoms with van der Waals surface area (Å²) in [4.78, 5) is 29.4. The molecule has 8 heteroatoms. The second-order valence-electron chi connectivity index (χ2n) is 8.78. The van der Waals surface area contributed by atoms with Crippen molar-refractivity contribution < 1.29 is 9.59 Å². The Morgan fingerprint density at radius 1 is 0.757 bits per heavy atom. The van der Waals surface area contributed by atoms with Crippen LogP contribution in [0.1, 0.15) is 20.7 Å². The van der Waals surface area contributed by atoms with E-state index < -0.39 is 0 Å². The second kappa shape index (κ2) is 11.0. The molecule has 0 bridgehead atoms. The van der Waals surface area contributed by atoms with Crippen molar-refractivity contribution in [3.63, 3.8) is 0 Å². The molecule has 37 heavy (non-hydrogen) atoms. The van der Waals surface area contributed by atoms with Gasteiger partial charge >= 0.3 is 0 Å². The molecular formula is C29H25ClN4O2S. The first-order chi connectivity index (χ1) is 18.0. The molecule has 0 aromatic heterocycles. The van der Waals surface area contributed by atoms with Gasteiger partial charge < -0.3 is 15.1 Å². The number of benzene rings is 4. The number of rotatable bonds is 4. The summed E-state index contributed by atoms with van der Waals surface area (Å²) in [6, 6.07) is 28.3. The molecule has 4 aromatic rings. The van der Waals surface area contributed by atoms with Gasteiger partial charge in [0.15, 0.2) is 5.11 Å². The number of nitrogens with one attached hydrogen (secondary N) is 2. The fourth-order valence-electron chi connectivity index (χ4n) is 4.42. The first-order valence-corrected chi connectivity index (χ1v) is 12.8. The Labute approximate surface area is 225 Å². The van der Waals surface area contributed by atoms with Crippen LogP contribution >= 0.6 is 23.8 Å². The molecule has 0 unspecified atom stereocenters. The monoisotopic (exact) mass is 528 g/mol. The first kappa shape index (κ1) is 24.7. The summed E-state index contributed by atoms with van der Waals surface area (Å²) in [5.41, 5.74) is 2.80. The number of carbonyl (C=O) groups is 2. The van der Waals surface area contributed by atoms with Gasteiger partial charge in [-0.2, -0.15) is 0 Å². The molecule has 186 valence electrons. The van der Waals surface area contributed by atoms with E-state index in [2.05, 4.69) is 15.5 Å². The summed E-state index contributed by atoms with van der Waals surface area (Å²) >= 11 is 12.0. The van der Waals surface area contributed by atoms with E-state index in [0.717, 1.165) is 16.5 Å². The first-order valence-electron chi connectivity index (χ1n) is 12.0. The van der Waals surface area contributed by atoms with Crippen LogP contribution in [0.4, 0.5) is 11.4 Å². The van der Waals surface area contributed by atoms with Crippen molar-refractivity contribution in [2.45, 2.75) is 0 Å². The van der Waals surface area contributed by atoms with Gasteiger partial charge in [-0.25, -0.2) is 0 Å². The lowest BCUT2D eigenvalue weighted by molar-refractivity contribution is 0.0746.